The molecule has 0 saturated carbocycles. The van der Waals surface area contributed by atoms with Crippen LogP contribution >= 0.6 is 0 Å². The second-order valence-electron chi connectivity index (χ2n) is 5.63. The van der Waals surface area contributed by atoms with Crippen LogP contribution in [0.5, 0.6) is 0 Å². The van der Waals surface area contributed by atoms with E-state index in [0.29, 0.717) is 6.42 Å². The number of amides is 2. The molecule has 0 bridgehead atoms. The number of likely N-dealkylation sites (tertiary alicyclic amines) is 1. The first-order valence-electron chi connectivity index (χ1n) is 7.07. The van der Waals surface area contributed by atoms with Crippen LogP contribution in [0.1, 0.15) is 38.7 Å². The van der Waals surface area contributed by atoms with Gasteiger partial charge in [0, 0.05) is 6.42 Å². The summed E-state index contributed by atoms with van der Waals surface area (Å²) in [6.07, 6.45) is 0.965. The molecule has 4 nitrogen and oxygen atoms in total. The molecule has 4 heteroatoms. The van der Waals surface area contributed by atoms with E-state index in [9.17, 15) is 14.7 Å². The number of rotatable bonds is 5. The fraction of sp³-hybridized carbons (Fsp3) is 0.500. The van der Waals surface area contributed by atoms with Gasteiger partial charge in [-0.2, -0.15) is 0 Å². The van der Waals surface area contributed by atoms with E-state index in [1.165, 1.54) is 4.90 Å². The summed E-state index contributed by atoms with van der Waals surface area (Å²) in [7, 11) is 0. The van der Waals surface area contributed by atoms with Gasteiger partial charge in [0.25, 0.3) is 0 Å². The fourth-order valence-electron chi connectivity index (χ4n) is 2.74. The van der Waals surface area contributed by atoms with Gasteiger partial charge < -0.3 is 5.11 Å². The number of hydrogen-bond acceptors (Lipinski definition) is 3. The third-order valence-electron chi connectivity index (χ3n) is 3.95. The maximum Gasteiger partial charge on any atom is 0.240 e. The van der Waals surface area contributed by atoms with Crippen LogP contribution in [0.25, 0.3) is 0 Å². The first-order chi connectivity index (χ1) is 9.49. The number of aliphatic hydroxyl groups excluding tert-OH is 1. The molecule has 1 aromatic carbocycles. The molecule has 1 saturated heterocycles. The molecule has 0 aromatic heterocycles. The van der Waals surface area contributed by atoms with E-state index >= 15 is 0 Å². The van der Waals surface area contributed by atoms with Crippen molar-refractivity contribution in [2.45, 2.75) is 44.6 Å². The topological polar surface area (TPSA) is 57.6 Å². The number of carbonyl (C=O) groups excluding carboxylic acids is 2. The number of nitrogens with zero attached hydrogens (tertiary/aromatic N) is 1. The third-order valence-corrected chi connectivity index (χ3v) is 3.95. The van der Waals surface area contributed by atoms with Crippen molar-refractivity contribution in [3.63, 3.8) is 0 Å². The van der Waals surface area contributed by atoms with Crippen LogP contribution in [0.4, 0.5) is 0 Å². The van der Waals surface area contributed by atoms with Crippen molar-refractivity contribution in [1.82, 2.24) is 4.90 Å². The molecule has 1 heterocycles. The van der Waals surface area contributed by atoms with Gasteiger partial charge in [-0.05, 0) is 18.9 Å². The highest BCUT2D eigenvalue weighted by molar-refractivity contribution is 6.08. The average molecular weight is 275 g/mol. The Bertz CT molecular complexity index is 500. The Morgan fingerprint density at radius 1 is 1.30 bits per heavy atom. The summed E-state index contributed by atoms with van der Waals surface area (Å²) in [5.41, 5.74) is 0.0513. The van der Waals surface area contributed by atoms with Crippen LogP contribution in [0.3, 0.4) is 0 Å². The summed E-state index contributed by atoms with van der Waals surface area (Å²) in [6, 6.07) is 9.37. The second-order valence-corrected chi connectivity index (χ2v) is 5.63. The maximum atomic E-state index is 12.6. The van der Waals surface area contributed by atoms with E-state index in [1.807, 2.05) is 37.3 Å². The number of β-amino-alcohol motifs (C(OH)–C–C–N with tert-alkyl or cyclic N) is 1. The average Bonchev–Trinajstić information content (AvgIpc) is 2.65. The summed E-state index contributed by atoms with van der Waals surface area (Å²) in [6.45, 7) is 3.87. The summed E-state index contributed by atoms with van der Waals surface area (Å²) < 4.78 is 0. The molecule has 20 heavy (non-hydrogen) atoms. The van der Waals surface area contributed by atoms with E-state index in [0.717, 1.165) is 12.0 Å². The van der Waals surface area contributed by atoms with Crippen LogP contribution in [-0.2, 0) is 15.0 Å². The van der Waals surface area contributed by atoms with Gasteiger partial charge in [-0.25, -0.2) is 0 Å². The standard InChI is InChI=1S/C16H21NO3/c1-3-7-13(18)11-17-14(19)10-16(2,15(17)20)12-8-5-4-6-9-12/h4-6,8-9,13,18H,3,7,10-11H2,1-2H3. The van der Waals surface area contributed by atoms with Gasteiger partial charge in [-0.1, -0.05) is 43.7 Å². The highest BCUT2D eigenvalue weighted by atomic mass is 16.3. The van der Waals surface area contributed by atoms with Crippen molar-refractivity contribution in [3.05, 3.63) is 35.9 Å². The minimum absolute atomic E-state index is 0.105. The summed E-state index contributed by atoms with van der Waals surface area (Å²) in [4.78, 5) is 25.9. The molecule has 2 amide bonds. The quantitative estimate of drug-likeness (QED) is 0.835. The molecule has 1 aliphatic heterocycles. The van der Waals surface area contributed by atoms with Gasteiger partial charge in [-0.15, -0.1) is 0 Å². The lowest BCUT2D eigenvalue weighted by molar-refractivity contribution is -0.141. The number of carbonyl (C=O) groups is 2. The summed E-state index contributed by atoms with van der Waals surface area (Å²) in [5, 5.41) is 9.84. The molecule has 2 unspecified atom stereocenters. The van der Waals surface area contributed by atoms with Crippen molar-refractivity contribution in [2.24, 2.45) is 0 Å². The monoisotopic (exact) mass is 275 g/mol. The van der Waals surface area contributed by atoms with Crippen LogP contribution in [0.2, 0.25) is 0 Å². The molecule has 0 spiro atoms. The first-order valence-corrected chi connectivity index (χ1v) is 7.07. The lowest BCUT2D eigenvalue weighted by Crippen LogP contribution is -2.40. The van der Waals surface area contributed by atoms with Crippen molar-refractivity contribution in [3.8, 4) is 0 Å². The molecular weight excluding hydrogens is 254 g/mol. The van der Waals surface area contributed by atoms with Gasteiger partial charge in [0.2, 0.25) is 11.8 Å². The molecule has 1 aromatic rings. The van der Waals surface area contributed by atoms with Crippen LogP contribution in [-0.4, -0.2) is 34.5 Å². The van der Waals surface area contributed by atoms with Crippen molar-refractivity contribution in [2.75, 3.05) is 6.54 Å². The minimum Gasteiger partial charge on any atom is -0.391 e. The third kappa shape index (κ3) is 2.61. The Hall–Kier alpha value is -1.68. The molecular formula is C16H21NO3. The lowest BCUT2D eigenvalue weighted by atomic mass is 9.81. The first kappa shape index (κ1) is 14.7. The molecule has 0 radical (unpaired) electrons. The zero-order valence-corrected chi connectivity index (χ0v) is 12.0. The summed E-state index contributed by atoms with van der Waals surface area (Å²) >= 11 is 0. The Morgan fingerprint density at radius 3 is 2.55 bits per heavy atom. The molecule has 108 valence electrons. The van der Waals surface area contributed by atoms with Crippen LogP contribution in [0.15, 0.2) is 30.3 Å². The molecule has 2 atom stereocenters. The van der Waals surface area contributed by atoms with Crippen LogP contribution < -0.4 is 0 Å². The zero-order chi connectivity index (χ0) is 14.8. The van der Waals surface area contributed by atoms with Crippen LogP contribution in [0, 0.1) is 0 Å². The zero-order valence-electron chi connectivity index (χ0n) is 12.0. The van der Waals surface area contributed by atoms with Gasteiger partial charge in [0.05, 0.1) is 18.1 Å². The van der Waals surface area contributed by atoms with E-state index in [-0.39, 0.29) is 24.8 Å². The Morgan fingerprint density at radius 2 is 1.95 bits per heavy atom. The Labute approximate surface area is 119 Å². The molecule has 0 aliphatic carbocycles. The maximum absolute atomic E-state index is 12.6. The predicted octanol–water partition coefficient (Wildman–Crippen LogP) is 1.86. The van der Waals surface area contributed by atoms with E-state index in [4.69, 9.17) is 0 Å². The smallest absolute Gasteiger partial charge is 0.240 e. The SMILES string of the molecule is CCCC(O)CN1C(=O)CC(C)(c2ccccc2)C1=O. The minimum atomic E-state index is -0.801. The molecule has 1 aliphatic rings. The van der Waals surface area contributed by atoms with Gasteiger partial charge in [-0.3, -0.25) is 14.5 Å². The highest BCUT2D eigenvalue weighted by Gasteiger charge is 2.49. The molecule has 1 N–H and O–H groups in total. The Balaban J connectivity index is 2.20. The van der Waals surface area contributed by atoms with E-state index in [2.05, 4.69) is 0 Å². The lowest BCUT2D eigenvalue weighted by Gasteiger charge is -2.24. The van der Waals surface area contributed by atoms with Crippen molar-refractivity contribution >= 4 is 11.8 Å². The number of benzene rings is 1. The van der Waals surface area contributed by atoms with Gasteiger partial charge in [0.1, 0.15) is 0 Å². The largest absolute Gasteiger partial charge is 0.391 e. The van der Waals surface area contributed by atoms with Crippen molar-refractivity contribution in [1.29, 1.82) is 0 Å². The van der Waals surface area contributed by atoms with Crippen molar-refractivity contribution < 1.29 is 14.7 Å². The number of aliphatic hydroxyl groups is 1. The number of hydrogen-bond donors (Lipinski definition) is 1. The fourth-order valence-corrected chi connectivity index (χ4v) is 2.74. The second kappa shape index (κ2) is 5.75. The predicted molar refractivity (Wildman–Crippen MR) is 76.0 cm³/mol. The van der Waals surface area contributed by atoms with Gasteiger partial charge >= 0.3 is 0 Å². The molecule has 1 fully saturated rings. The highest BCUT2D eigenvalue weighted by Crippen LogP contribution is 2.36. The van der Waals surface area contributed by atoms with E-state index < -0.39 is 11.5 Å². The molecule has 2 rings (SSSR count). The van der Waals surface area contributed by atoms with Gasteiger partial charge in [0.15, 0.2) is 0 Å². The van der Waals surface area contributed by atoms with E-state index in [1.54, 1.807) is 6.92 Å². The summed E-state index contributed by atoms with van der Waals surface area (Å²) in [5.74, 6) is -0.402. The number of imide groups is 1. The Kier molecular flexibility index (Phi) is 4.23. The normalized spacial score (nSPS) is 24.2.